The third kappa shape index (κ3) is 3.64. The first kappa shape index (κ1) is 15.6. The van der Waals surface area contributed by atoms with E-state index in [-0.39, 0.29) is 5.91 Å². The van der Waals surface area contributed by atoms with Crippen LogP contribution in [0.25, 0.3) is 0 Å². The molecule has 0 saturated heterocycles. The Balaban J connectivity index is 2.22. The molecule has 21 heavy (non-hydrogen) atoms. The van der Waals surface area contributed by atoms with Crippen LogP contribution in [0.15, 0.2) is 40.9 Å². The van der Waals surface area contributed by atoms with Gasteiger partial charge in [-0.05, 0) is 72.1 Å². The molecule has 0 aliphatic heterocycles. The van der Waals surface area contributed by atoms with Crippen molar-refractivity contribution in [1.29, 1.82) is 0 Å². The first-order chi connectivity index (χ1) is 10.0. The summed E-state index contributed by atoms with van der Waals surface area (Å²) < 4.78 is 0.917. The number of amides is 1. The van der Waals surface area contributed by atoms with Crippen LogP contribution in [0.4, 0.5) is 11.4 Å². The van der Waals surface area contributed by atoms with Crippen LogP contribution in [0.1, 0.15) is 28.4 Å². The first-order valence-electron chi connectivity index (χ1n) is 6.94. The molecule has 4 heteroatoms. The Hall–Kier alpha value is -1.81. The summed E-state index contributed by atoms with van der Waals surface area (Å²) in [6.45, 7) is 6.85. The van der Waals surface area contributed by atoms with Gasteiger partial charge in [-0.1, -0.05) is 12.1 Å². The van der Waals surface area contributed by atoms with Gasteiger partial charge in [0.25, 0.3) is 5.91 Å². The van der Waals surface area contributed by atoms with E-state index in [1.54, 1.807) is 0 Å². The van der Waals surface area contributed by atoms with Crippen molar-refractivity contribution in [2.45, 2.75) is 20.8 Å². The lowest BCUT2D eigenvalue weighted by Crippen LogP contribution is -2.14. The number of aryl methyl sites for hydroxylation is 2. The second-order valence-electron chi connectivity index (χ2n) is 4.95. The van der Waals surface area contributed by atoms with E-state index in [4.69, 9.17) is 0 Å². The van der Waals surface area contributed by atoms with Crippen molar-refractivity contribution < 1.29 is 4.79 Å². The van der Waals surface area contributed by atoms with E-state index in [1.165, 1.54) is 0 Å². The molecule has 0 saturated carbocycles. The van der Waals surface area contributed by atoms with Crippen molar-refractivity contribution in [1.82, 2.24) is 0 Å². The molecule has 0 radical (unpaired) electrons. The Morgan fingerprint density at radius 2 is 1.90 bits per heavy atom. The number of hydrogen-bond donors (Lipinski definition) is 2. The predicted molar refractivity (Wildman–Crippen MR) is 92.2 cm³/mol. The van der Waals surface area contributed by atoms with E-state index in [0.29, 0.717) is 5.56 Å². The van der Waals surface area contributed by atoms with Crippen LogP contribution in [-0.4, -0.2) is 12.5 Å². The standard InChI is InChI=1S/C17H19BrN2O/c1-4-19-13-8-9-14(12(3)10-13)17(21)20-15-7-5-6-11(2)16(15)18/h5-10,19H,4H2,1-3H3,(H,20,21). The average molecular weight is 347 g/mol. The predicted octanol–water partition coefficient (Wildman–Crippen LogP) is 4.75. The minimum Gasteiger partial charge on any atom is -0.385 e. The average Bonchev–Trinajstić information content (AvgIpc) is 2.44. The third-order valence-corrected chi connectivity index (χ3v) is 4.34. The molecule has 0 fully saturated rings. The van der Waals surface area contributed by atoms with E-state index in [9.17, 15) is 4.79 Å². The fourth-order valence-electron chi connectivity index (χ4n) is 2.17. The molecule has 2 aromatic carbocycles. The van der Waals surface area contributed by atoms with Crippen LogP contribution < -0.4 is 10.6 Å². The maximum absolute atomic E-state index is 12.4. The van der Waals surface area contributed by atoms with Gasteiger partial charge in [0, 0.05) is 22.3 Å². The van der Waals surface area contributed by atoms with Crippen LogP contribution in [0.3, 0.4) is 0 Å². The zero-order valence-corrected chi connectivity index (χ0v) is 14.0. The third-order valence-electron chi connectivity index (χ3n) is 3.29. The van der Waals surface area contributed by atoms with Crippen molar-refractivity contribution in [3.8, 4) is 0 Å². The number of hydrogen-bond acceptors (Lipinski definition) is 2. The van der Waals surface area contributed by atoms with E-state index in [1.807, 2.05) is 57.2 Å². The molecule has 0 atom stereocenters. The smallest absolute Gasteiger partial charge is 0.255 e. The van der Waals surface area contributed by atoms with Crippen LogP contribution in [0.2, 0.25) is 0 Å². The SMILES string of the molecule is CCNc1ccc(C(=O)Nc2cccc(C)c2Br)c(C)c1. The van der Waals surface area contributed by atoms with E-state index in [0.717, 1.165) is 33.5 Å². The van der Waals surface area contributed by atoms with Gasteiger partial charge >= 0.3 is 0 Å². The second-order valence-corrected chi connectivity index (χ2v) is 5.74. The lowest BCUT2D eigenvalue weighted by atomic mass is 10.1. The zero-order valence-electron chi connectivity index (χ0n) is 12.5. The molecule has 0 aliphatic rings. The van der Waals surface area contributed by atoms with Crippen molar-refractivity contribution in [3.63, 3.8) is 0 Å². The number of halogens is 1. The monoisotopic (exact) mass is 346 g/mol. The molecule has 0 spiro atoms. The topological polar surface area (TPSA) is 41.1 Å². The zero-order chi connectivity index (χ0) is 15.4. The molecule has 2 aromatic rings. The molecule has 0 aromatic heterocycles. The highest BCUT2D eigenvalue weighted by Gasteiger charge is 2.12. The Labute approximate surface area is 133 Å². The Kier molecular flexibility index (Phi) is 5.02. The van der Waals surface area contributed by atoms with Crippen molar-refractivity contribution in [2.75, 3.05) is 17.2 Å². The Morgan fingerprint density at radius 1 is 1.14 bits per heavy atom. The summed E-state index contributed by atoms with van der Waals surface area (Å²) in [5.74, 6) is -0.0955. The van der Waals surface area contributed by atoms with Gasteiger partial charge in [0.1, 0.15) is 0 Å². The van der Waals surface area contributed by atoms with Crippen molar-refractivity contribution in [2.24, 2.45) is 0 Å². The summed E-state index contributed by atoms with van der Waals surface area (Å²) in [6.07, 6.45) is 0. The highest BCUT2D eigenvalue weighted by atomic mass is 79.9. The summed E-state index contributed by atoms with van der Waals surface area (Å²) in [6, 6.07) is 11.6. The summed E-state index contributed by atoms with van der Waals surface area (Å²) in [7, 11) is 0. The lowest BCUT2D eigenvalue weighted by Gasteiger charge is -2.12. The number of benzene rings is 2. The Morgan fingerprint density at radius 3 is 2.57 bits per heavy atom. The van der Waals surface area contributed by atoms with Gasteiger partial charge in [0.2, 0.25) is 0 Å². The molecule has 0 bridgehead atoms. The van der Waals surface area contributed by atoms with Gasteiger partial charge in [-0.25, -0.2) is 0 Å². The fourth-order valence-corrected chi connectivity index (χ4v) is 2.53. The summed E-state index contributed by atoms with van der Waals surface area (Å²) in [4.78, 5) is 12.4. The lowest BCUT2D eigenvalue weighted by molar-refractivity contribution is 0.102. The second kappa shape index (κ2) is 6.76. The highest BCUT2D eigenvalue weighted by molar-refractivity contribution is 9.10. The van der Waals surface area contributed by atoms with Crippen LogP contribution in [0.5, 0.6) is 0 Å². The van der Waals surface area contributed by atoms with E-state index in [2.05, 4.69) is 26.6 Å². The van der Waals surface area contributed by atoms with E-state index >= 15 is 0 Å². The summed E-state index contributed by atoms with van der Waals surface area (Å²) >= 11 is 3.51. The molecule has 2 N–H and O–H groups in total. The van der Waals surface area contributed by atoms with Crippen LogP contribution in [-0.2, 0) is 0 Å². The maximum Gasteiger partial charge on any atom is 0.255 e. The number of carbonyl (C=O) groups is 1. The molecule has 110 valence electrons. The number of rotatable bonds is 4. The summed E-state index contributed by atoms with van der Waals surface area (Å²) in [5.41, 5.74) is 4.55. The van der Waals surface area contributed by atoms with E-state index < -0.39 is 0 Å². The molecule has 0 aliphatic carbocycles. The van der Waals surface area contributed by atoms with Gasteiger partial charge in [0.15, 0.2) is 0 Å². The van der Waals surface area contributed by atoms with Gasteiger partial charge in [-0.15, -0.1) is 0 Å². The molecule has 0 heterocycles. The molecular weight excluding hydrogens is 328 g/mol. The van der Waals surface area contributed by atoms with Gasteiger partial charge < -0.3 is 10.6 Å². The molecule has 2 rings (SSSR count). The Bertz CT molecular complexity index is 668. The van der Waals surface area contributed by atoms with Crippen molar-refractivity contribution in [3.05, 3.63) is 57.6 Å². The van der Waals surface area contributed by atoms with Gasteiger partial charge in [-0.3, -0.25) is 4.79 Å². The minimum absolute atomic E-state index is 0.0955. The normalized spacial score (nSPS) is 10.3. The number of nitrogens with one attached hydrogen (secondary N) is 2. The molecule has 1 amide bonds. The molecule has 0 unspecified atom stereocenters. The largest absolute Gasteiger partial charge is 0.385 e. The maximum atomic E-state index is 12.4. The summed E-state index contributed by atoms with van der Waals surface area (Å²) in [5, 5.41) is 6.19. The van der Waals surface area contributed by atoms with Gasteiger partial charge in [-0.2, -0.15) is 0 Å². The number of anilines is 2. The fraction of sp³-hybridized carbons (Fsp3) is 0.235. The minimum atomic E-state index is -0.0955. The first-order valence-corrected chi connectivity index (χ1v) is 7.73. The molecular formula is C17H19BrN2O. The van der Waals surface area contributed by atoms with Crippen LogP contribution >= 0.6 is 15.9 Å². The quantitative estimate of drug-likeness (QED) is 0.838. The molecule has 3 nitrogen and oxygen atoms in total. The van der Waals surface area contributed by atoms with Gasteiger partial charge in [0.05, 0.1) is 5.69 Å². The highest BCUT2D eigenvalue weighted by Crippen LogP contribution is 2.26. The number of carbonyl (C=O) groups excluding carboxylic acids is 1. The van der Waals surface area contributed by atoms with Crippen LogP contribution in [0, 0.1) is 13.8 Å². The van der Waals surface area contributed by atoms with Crippen molar-refractivity contribution >= 4 is 33.2 Å².